The minimum atomic E-state index is 0.150. The lowest BCUT2D eigenvalue weighted by atomic mass is 9.85. The number of carbonyl (C=O) groups excluding carboxylic acids is 1. The van der Waals surface area contributed by atoms with E-state index in [1.807, 2.05) is 24.3 Å². The van der Waals surface area contributed by atoms with Crippen LogP contribution in [0.25, 0.3) is 0 Å². The summed E-state index contributed by atoms with van der Waals surface area (Å²) in [6.45, 7) is 8.93. The van der Waals surface area contributed by atoms with Gasteiger partial charge in [-0.2, -0.15) is 0 Å². The quantitative estimate of drug-likeness (QED) is 0.356. The molecule has 5 heteroatoms. The zero-order valence-corrected chi connectivity index (χ0v) is 16.5. The van der Waals surface area contributed by atoms with Crippen LogP contribution in [-0.4, -0.2) is 25.0 Å². The van der Waals surface area contributed by atoms with Gasteiger partial charge < -0.3 is 16.0 Å². The normalized spacial score (nSPS) is 14.8. The number of nitrogens with zero attached hydrogens (tertiary/aromatic N) is 1. The summed E-state index contributed by atoms with van der Waals surface area (Å²) in [5, 5.41) is 9.71. The lowest BCUT2D eigenvalue weighted by Crippen LogP contribution is -2.37. The third-order valence-corrected chi connectivity index (χ3v) is 4.69. The third kappa shape index (κ3) is 7.06. The molecular formula is C21H34N4O. The summed E-state index contributed by atoms with van der Waals surface area (Å²) in [6.07, 6.45) is 5.57. The van der Waals surface area contributed by atoms with E-state index >= 15 is 0 Å². The number of aliphatic imine (C=N–C) groups is 1. The average Bonchev–Trinajstić information content (AvgIpc) is 2.55. The number of rotatable bonds is 9. The van der Waals surface area contributed by atoms with Crippen molar-refractivity contribution in [1.29, 1.82) is 0 Å². The summed E-state index contributed by atoms with van der Waals surface area (Å²) in [5.74, 6) is 1.93. The van der Waals surface area contributed by atoms with E-state index in [0.717, 1.165) is 55.5 Å². The highest BCUT2D eigenvalue weighted by Gasteiger charge is 2.25. The second-order valence-electron chi connectivity index (χ2n) is 7.48. The predicted octanol–water partition coefficient (Wildman–Crippen LogP) is 3.92. The fourth-order valence-corrected chi connectivity index (χ4v) is 2.89. The van der Waals surface area contributed by atoms with Crippen LogP contribution in [0.2, 0.25) is 0 Å². The molecule has 3 N–H and O–H groups in total. The van der Waals surface area contributed by atoms with Crippen LogP contribution in [0.5, 0.6) is 0 Å². The molecule has 1 aromatic carbocycles. The van der Waals surface area contributed by atoms with Gasteiger partial charge in [0.05, 0.1) is 6.54 Å². The van der Waals surface area contributed by atoms with Gasteiger partial charge in [0.1, 0.15) is 0 Å². The molecule has 0 aliphatic heterocycles. The fourth-order valence-electron chi connectivity index (χ4n) is 2.89. The van der Waals surface area contributed by atoms with E-state index < -0.39 is 0 Å². The number of hydrogen-bond acceptors (Lipinski definition) is 2. The molecule has 2 rings (SSSR count). The molecular weight excluding hydrogens is 324 g/mol. The van der Waals surface area contributed by atoms with Crippen molar-refractivity contribution in [3.8, 4) is 0 Å². The Morgan fingerprint density at radius 2 is 2.08 bits per heavy atom. The van der Waals surface area contributed by atoms with Gasteiger partial charge in [0.15, 0.2) is 5.96 Å². The molecule has 0 heterocycles. The van der Waals surface area contributed by atoms with E-state index in [0.29, 0.717) is 6.54 Å². The minimum absolute atomic E-state index is 0.150. The Bertz CT molecular complexity index is 593. The predicted molar refractivity (Wildman–Crippen MR) is 109 cm³/mol. The summed E-state index contributed by atoms with van der Waals surface area (Å²) >= 11 is 0. The van der Waals surface area contributed by atoms with Crippen LogP contribution in [0.3, 0.4) is 0 Å². The Morgan fingerprint density at radius 1 is 1.27 bits per heavy atom. The highest BCUT2D eigenvalue weighted by molar-refractivity contribution is 5.93. The van der Waals surface area contributed by atoms with Gasteiger partial charge in [0, 0.05) is 24.7 Å². The lowest BCUT2D eigenvalue weighted by molar-refractivity contribution is -0.122. The molecule has 0 bridgehead atoms. The maximum Gasteiger partial charge on any atom is 0.227 e. The zero-order valence-electron chi connectivity index (χ0n) is 16.5. The molecule has 1 aliphatic carbocycles. The van der Waals surface area contributed by atoms with Crippen LogP contribution >= 0.6 is 0 Å². The Balaban J connectivity index is 1.86. The molecule has 1 fully saturated rings. The topological polar surface area (TPSA) is 65.5 Å². The number of nitrogens with one attached hydrogen (secondary N) is 3. The Labute approximate surface area is 158 Å². The summed E-state index contributed by atoms with van der Waals surface area (Å²) in [6, 6.07) is 7.98. The smallest absolute Gasteiger partial charge is 0.227 e. The van der Waals surface area contributed by atoms with Crippen molar-refractivity contribution < 1.29 is 4.79 Å². The van der Waals surface area contributed by atoms with Crippen LogP contribution in [-0.2, 0) is 11.3 Å². The molecule has 0 aromatic heterocycles. The molecule has 1 amide bonds. The largest absolute Gasteiger partial charge is 0.357 e. The van der Waals surface area contributed by atoms with Gasteiger partial charge in [-0.3, -0.25) is 4.79 Å². The Hall–Kier alpha value is -2.04. The number of benzene rings is 1. The van der Waals surface area contributed by atoms with Crippen LogP contribution in [0.4, 0.5) is 5.69 Å². The van der Waals surface area contributed by atoms with Crippen molar-refractivity contribution in [3.05, 3.63) is 29.8 Å². The van der Waals surface area contributed by atoms with E-state index in [-0.39, 0.29) is 11.8 Å². The Kier molecular flexibility index (Phi) is 8.45. The van der Waals surface area contributed by atoms with Crippen LogP contribution in [0.1, 0.15) is 58.4 Å². The van der Waals surface area contributed by atoms with Crippen molar-refractivity contribution in [3.63, 3.8) is 0 Å². The van der Waals surface area contributed by atoms with Crippen molar-refractivity contribution in [2.24, 2.45) is 16.8 Å². The standard InChI is InChI=1S/C21H34N4O/c1-4-22-21(23-13-7-8-16(2)3)24-15-17-9-5-12-19(14-17)25-20(26)18-10-6-11-18/h5,9,12,14,16,18H,4,6-8,10-11,13,15H2,1-3H3,(H,25,26)(H2,22,23,24). The zero-order chi connectivity index (χ0) is 18.8. The second-order valence-corrected chi connectivity index (χ2v) is 7.48. The molecule has 1 aliphatic rings. The van der Waals surface area contributed by atoms with Crippen molar-refractivity contribution >= 4 is 17.6 Å². The first-order chi connectivity index (χ1) is 12.6. The molecule has 1 aromatic rings. The maximum absolute atomic E-state index is 12.1. The molecule has 26 heavy (non-hydrogen) atoms. The van der Waals surface area contributed by atoms with E-state index in [2.05, 4.69) is 41.7 Å². The van der Waals surface area contributed by atoms with Crippen molar-refractivity contribution in [2.75, 3.05) is 18.4 Å². The van der Waals surface area contributed by atoms with Gasteiger partial charge in [-0.1, -0.05) is 32.4 Å². The highest BCUT2D eigenvalue weighted by Crippen LogP contribution is 2.27. The Morgan fingerprint density at radius 3 is 2.73 bits per heavy atom. The van der Waals surface area contributed by atoms with Crippen LogP contribution in [0, 0.1) is 11.8 Å². The first-order valence-electron chi connectivity index (χ1n) is 10.0. The number of anilines is 1. The fraction of sp³-hybridized carbons (Fsp3) is 0.619. The molecule has 0 unspecified atom stereocenters. The van der Waals surface area contributed by atoms with Gasteiger partial charge in [0.25, 0.3) is 0 Å². The lowest BCUT2D eigenvalue weighted by Gasteiger charge is -2.24. The molecule has 0 atom stereocenters. The summed E-state index contributed by atoms with van der Waals surface area (Å²) in [4.78, 5) is 16.8. The molecule has 5 nitrogen and oxygen atoms in total. The monoisotopic (exact) mass is 358 g/mol. The first-order valence-corrected chi connectivity index (χ1v) is 10.0. The van der Waals surface area contributed by atoms with Gasteiger partial charge in [-0.05, 0) is 56.2 Å². The number of hydrogen-bond donors (Lipinski definition) is 3. The van der Waals surface area contributed by atoms with Gasteiger partial charge in [-0.25, -0.2) is 4.99 Å². The summed E-state index contributed by atoms with van der Waals surface area (Å²) in [7, 11) is 0. The number of carbonyl (C=O) groups is 1. The van der Waals surface area contributed by atoms with Crippen LogP contribution in [0.15, 0.2) is 29.3 Å². The van der Waals surface area contributed by atoms with E-state index in [1.54, 1.807) is 0 Å². The molecule has 0 spiro atoms. The summed E-state index contributed by atoms with van der Waals surface area (Å²) < 4.78 is 0. The number of amides is 1. The molecule has 144 valence electrons. The van der Waals surface area contributed by atoms with E-state index in [4.69, 9.17) is 0 Å². The highest BCUT2D eigenvalue weighted by atomic mass is 16.1. The van der Waals surface area contributed by atoms with Crippen molar-refractivity contribution in [2.45, 2.75) is 59.4 Å². The maximum atomic E-state index is 12.1. The van der Waals surface area contributed by atoms with E-state index in [9.17, 15) is 4.79 Å². The molecule has 0 saturated heterocycles. The third-order valence-electron chi connectivity index (χ3n) is 4.69. The summed E-state index contributed by atoms with van der Waals surface area (Å²) in [5.41, 5.74) is 1.96. The van der Waals surface area contributed by atoms with Gasteiger partial charge in [0.2, 0.25) is 5.91 Å². The minimum Gasteiger partial charge on any atom is -0.357 e. The van der Waals surface area contributed by atoms with Crippen molar-refractivity contribution in [1.82, 2.24) is 10.6 Å². The SMILES string of the molecule is CCNC(=NCc1cccc(NC(=O)C2CCC2)c1)NCCCC(C)C. The van der Waals surface area contributed by atoms with E-state index in [1.165, 1.54) is 12.8 Å². The number of guanidine groups is 1. The van der Waals surface area contributed by atoms with Crippen LogP contribution < -0.4 is 16.0 Å². The first kappa shape index (κ1) is 20.3. The molecule has 0 radical (unpaired) electrons. The van der Waals surface area contributed by atoms with Gasteiger partial charge >= 0.3 is 0 Å². The van der Waals surface area contributed by atoms with Gasteiger partial charge in [-0.15, -0.1) is 0 Å². The second kappa shape index (κ2) is 10.8. The average molecular weight is 359 g/mol. The molecule has 1 saturated carbocycles.